The molecule has 0 fully saturated rings. The van der Waals surface area contributed by atoms with Crippen molar-refractivity contribution in [3.05, 3.63) is 30.8 Å². The third kappa shape index (κ3) is 4.97. The average Bonchev–Trinajstić information content (AvgIpc) is 1.99. The molecule has 0 aromatic heterocycles. The normalized spacial score (nSPS) is 11.5. The molecular weight excluding hydrogens is 235 g/mol. The molecule has 1 radical (unpaired) electrons. The minimum atomic E-state index is 0. The van der Waals surface area contributed by atoms with Gasteiger partial charge in [0.1, 0.15) is 0 Å². The van der Waals surface area contributed by atoms with E-state index in [0.29, 0.717) is 0 Å². The van der Waals surface area contributed by atoms with Crippen LogP contribution in [0.5, 0.6) is 0 Å². The molecule has 0 aliphatic rings. The second-order valence-electron chi connectivity index (χ2n) is 3.65. The quantitative estimate of drug-likeness (QED) is 0.423. The van der Waals surface area contributed by atoms with Crippen LogP contribution in [0.25, 0.3) is 0 Å². The number of hydrogen-bond acceptors (Lipinski definition) is 1. The first kappa shape index (κ1) is 15.8. The van der Waals surface area contributed by atoms with Gasteiger partial charge in [-0.2, -0.15) is 26.6 Å². The number of nitrogens with zero attached hydrogens (tertiary/aromatic N) is 1. The zero-order valence-corrected chi connectivity index (χ0v) is 12.2. The van der Waals surface area contributed by atoms with Gasteiger partial charge in [-0.1, -0.05) is 13.8 Å². The van der Waals surface area contributed by atoms with Gasteiger partial charge in [0.15, 0.2) is 0 Å². The smallest absolute Gasteiger partial charge is 0 e. The summed E-state index contributed by atoms with van der Waals surface area (Å²) in [5, 5.41) is 0. The first-order chi connectivity index (χ1) is 5.42. The molecule has 0 amide bonds. The molecule has 0 aromatic rings. The van der Waals surface area contributed by atoms with Crippen molar-refractivity contribution in [2.75, 3.05) is 7.05 Å². The van der Waals surface area contributed by atoms with Crippen molar-refractivity contribution < 1.29 is 32.7 Å². The fourth-order valence-corrected chi connectivity index (χ4v) is 0.661. The zero-order valence-electron chi connectivity index (χ0n) is 9.39. The number of allylic oxidation sites excluding steroid dienone is 2. The van der Waals surface area contributed by atoms with Crippen LogP contribution in [0.2, 0.25) is 0 Å². The van der Waals surface area contributed by atoms with Gasteiger partial charge in [0.2, 0.25) is 0 Å². The molecule has 0 rings (SSSR count). The van der Waals surface area contributed by atoms with Crippen LogP contribution in [-0.2, 0) is 32.7 Å². The van der Waals surface area contributed by atoms with E-state index in [1.807, 2.05) is 13.1 Å². The van der Waals surface area contributed by atoms with Gasteiger partial charge in [-0.15, -0.1) is 5.54 Å². The molecular formula is C11H19NY-2. The number of hydrogen-bond donors (Lipinski definition) is 0. The molecule has 0 aliphatic carbocycles. The van der Waals surface area contributed by atoms with Gasteiger partial charge >= 0.3 is 0 Å². The summed E-state index contributed by atoms with van der Waals surface area (Å²) in [5.41, 5.74) is 0.0690. The summed E-state index contributed by atoms with van der Waals surface area (Å²) >= 11 is 0. The molecule has 1 nitrogen and oxygen atoms in total. The van der Waals surface area contributed by atoms with Crippen LogP contribution < -0.4 is 0 Å². The molecule has 0 heterocycles. The minimum Gasteiger partial charge on any atom is -0.488 e. The molecule has 0 aliphatic heterocycles. The predicted molar refractivity (Wildman–Crippen MR) is 54.4 cm³/mol. The Hall–Kier alpha value is 0.384. The summed E-state index contributed by atoms with van der Waals surface area (Å²) in [7, 11) is 2.02. The van der Waals surface area contributed by atoms with Crippen molar-refractivity contribution in [1.29, 1.82) is 0 Å². The summed E-state index contributed by atoms with van der Waals surface area (Å²) in [5.74, 6) is 1.37. The molecule has 0 aromatic carbocycles. The second-order valence-corrected chi connectivity index (χ2v) is 3.65. The van der Waals surface area contributed by atoms with Gasteiger partial charge in [0, 0.05) is 32.7 Å². The Morgan fingerprint density at radius 2 is 1.85 bits per heavy atom. The van der Waals surface area contributed by atoms with Crippen molar-refractivity contribution in [2.45, 2.75) is 33.2 Å². The SMILES string of the molecule is C=CC=[C-]N(C)C(C)(C)[C-](C)C.[Y]. The molecule has 0 N–H and O–H groups in total. The predicted octanol–water partition coefficient (Wildman–Crippen LogP) is 2.81. The Labute approximate surface area is 108 Å². The van der Waals surface area contributed by atoms with Crippen molar-refractivity contribution in [3.8, 4) is 0 Å². The van der Waals surface area contributed by atoms with Crippen LogP contribution in [0.15, 0.2) is 18.7 Å². The van der Waals surface area contributed by atoms with Crippen LogP contribution >= 0.6 is 0 Å². The molecule has 73 valence electrons. The van der Waals surface area contributed by atoms with Gasteiger partial charge in [-0.05, 0) is 7.05 Å². The maximum absolute atomic E-state index is 3.61. The van der Waals surface area contributed by atoms with E-state index in [1.54, 1.807) is 6.08 Å². The van der Waals surface area contributed by atoms with E-state index in [0.717, 1.165) is 0 Å². The van der Waals surface area contributed by atoms with Gasteiger partial charge in [0.05, 0.1) is 0 Å². The Bertz CT molecular complexity index is 171. The minimum absolute atomic E-state index is 0. The van der Waals surface area contributed by atoms with E-state index in [2.05, 4.69) is 45.4 Å². The average molecular weight is 254 g/mol. The van der Waals surface area contributed by atoms with E-state index < -0.39 is 0 Å². The summed E-state index contributed by atoms with van der Waals surface area (Å²) in [6.45, 7) is 12.2. The molecule has 13 heavy (non-hydrogen) atoms. The molecule has 0 saturated heterocycles. The van der Waals surface area contributed by atoms with E-state index in [9.17, 15) is 0 Å². The van der Waals surface area contributed by atoms with Crippen molar-refractivity contribution in [3.63, 3.8) is 0 Å². The molecule has 0 bridgehead atoms. The van der Waals surface area contributed by atoms with Crippen LogP contribution in [0, 0.1) is 12.1 Å². The van der Waals surface area contributed by atoms with Crippen molar-refractivity contribution in [2.24, 2.45) is 0 Å². The van der Waals surface area contributed by atoms with Gasteiger partial charge in [-0.25, -0.2) is 12.2 Å². The topological polar surface area (TPSA) is 3.24 Å². The maximum Gasteiger partial charge on any atom is 0 e. The number of rotatable bonds is 4. The standard InChI is InChI=1S/C11H19N.Y/c1-7-8-9-12(6)11(4,5)10(2)3;/h7-8H,1H2,2-6H3;/q-2;. The molecule has 0 spiro atoms. The van der Waals surface area contributed by atoms with E-state index >= 15 is 0 Å². The largest absolute Gasteiger partial charge is 0.488 e. The monoisotopic (exact) mass is 254 g/mol. The van der Waals surface area contributed by atoms with Crippen molar-refractivity contribution in [1.82, 2.24) is 4.90 Å². The fourth-order valence-electron chi connectivity index (χ4n) is 0.661. The Morgan fingerprint density at radius 1 is 1.38 bits per heavy atom. The molecule has 0 saturated carbocycles. The molecule has 0 unspecified atom stereocenters. The molecule has 0 atom stereocenters. The van der Waals surface area contributed by atoms with Crippen molar-refractivity contribution >= 4 is 0 Å². The maximum atomic E-state index is 3.61. The first-order valence-electron chi connectivity index (χ1n) is 4.17. The second kappa shape index (κ2) is 6.78. The summed E-state index contributed by atoms with van der Waals surface area (Å²) in [6, 6.07) is 0. The van der Waals surface area contributed by atoms with Crippen LogP contribution in [0.1, 0.15) is 27.7 Å². The van der Waals surface area contributed by atoms with Crippen LogP contribution in [0.4, 0.5) is 0 Å². The Balaban J connectivity index is 0. The molecule has 2 heteroatoms. The Kier molecular flexibility index (Phi) is 8.26. The van der Waals surface area contributed by atoms with E-state index in [1.165, 1.54) is 5.92 Å². The fraction of sp³-hybridized carbons (Fsp3) is 0.545. The third-order valence-electron chi connectivity index (χ3n) is 2.45. The summed E-state index contributed by atoms with van der Waals surface area (Å²) in [6.07, 6.45) is 6.68. The third-order valence-corrected chi connectivity index (χ3v) is 2.45. The van der Waals surface area contributed by atoms with Gasteiger partial charge < -0.3 is 4.90 Å². The van der Waals surface area contributed by atoms with Crippen LogP contribution in [0.3, 0.4) is 0 Å². The van der Waals surface area contributed by atoms with E-state index in [-0.39, 0.29) is 38.2 Å². The summed E-state index contributed by atoms with van der Waals surface area (Å²) in [4.78, 5) is 2.06. The first-order valence-corrected chi connectivity index (χ1v) is 4.17. The zero-order chi connectivity index (χ0) is 9.78. The van der Waals surface area contributed by atoms with Gasteiger partial charge in [-0.3, -0.25) is 5.92 Å². The Morgan fingerprint density at radius 3 is 2.15 bits per heavy atom. The van der Waals surface area contributed by atoms with Crippen LogP contribution in [-0.4, -0.2) is 17.5 Å². The van der Waals surface area contributed by atoms with Gasteiger partial charge in [0.25, 0.3) is 0 Å². The van der Waals surface area contributed by atoms with E-state index in [4.69, 9.17) is 0 Å². The summed E-state index contributed by atoms with van der Waals surface area (Å²) < 4.78 is 0.